The molecule has 0 atom stereocenters. The molecule has 35 heavy (non-hydrogen) atoms. The number of rotatable bonds is 6. The first kappa shape index (κ1) is 26.2. The molecule has 1 saturated heterocycles. The molecule has 1 aliphatic carbocycles. The van der Waals surface area contributed by atoms with Crippen LogP contribution in [0.5, 0.6) is 0 Å². The number of anilines is 1. The Kier molecular flexibility index (Phi) is 7.41. The molecule has 1 aromatic carbocycles. The predicted molar refractivity (Wildman–Crippen MR) is 146 cm³/mol. The minimum absolute atomic E-state index is 0.0469. The number of carbonyl (C=O) groups excluding carboxylic acids is 2. The van der Waals surface area contributed by atoms with Gasteiger partial charge in [-0.15, -0.1) is 0 Å². The van der Waals surface area contributed by atoms with Crippen molar-refractivity contribution in [2.24, 2.45) is 21.7 Å². The van der Waals surface area contributed by atoms with E-state index in [9.17, 15) is 9.59 Å². The molecule has 0 aromatic heterocycles. The molecule has 2 aliphatic heterocycles. The second-order valence-corrected chi connectivity index (χ2v) is 13.6. The van der Waals surface area contributed by atoms with E-state index in [1.807, 2.05) is 24.1 Å². The second kappa shape index (κ2) is 9.89. The maximum atomic E-state index is 13.1. The Morgan fingerprint density at radius 2 is 1.83 bits per heavy atom. The highest BCUT2D eigenvalue weighted by atomic mass is 32.2. The number of amides is 2. The van der Waals surface area contributed by atoms with Gasteiger partial charge in [-0.25, -0.2) is 0 Å². The van der Waals surface area contributed by atoms with Gasteiger partial charge in [0.1, 0.15) is 11.4 Å². The SMILES string of the molecule is CC(=O)Nc1ccc(CCSN2CCC3(CC2)N=C(C2CC(C)(C)CC(C)(C)C2)NC3=O)c(C)c1. The Balaban J connectivity index is 1.30. The van der Waals surface area contributed by atoms with E-state index in [1.165, 1.54) is 24.5 Å². The van der Waals surface area contributed by atoms with Crippen molar-refractivity contribution in [2.75, 3.05) is 24.2 Å². The van der Waals surface area contributed by atoms with Crippen LogP contribution in [0.25, 0.3) is 0 Å². The van der Waals surface area contributed by atoms with E-state index in [0.29, 0.717) is 5.92 Å². The third-order valence-corrected chi connectivity index (χ3v) is 8.92. The van der Waals surface area contributed by atoms with E-state index >= 15 is 0 Å². The molecule has 0 radical (unpaired) electrons. The van der Waals surface area contributed by atoms with Crippen molar-refractivity contribution in [3.8, 4) is 0 Å². The smallest absolute Gasteiger partial charge is 0.253 e. The second-order valence-electron chi connectivity index (χ2n) is 12.4. The zero-order valence-corrected chi connectivity index (χ0v) is 23.1. The van der Waals surface area contributed by atoms with Gasteiger partial charge in [-0.1, -0.05) is 45.7 Å². The van der Waals surface area contributed by atoms with E-state index in [2.05, 4.69) is 55.6 Å². The van der Waals surface area contributed by atoms with Crippen LogP contribution in [-0.4, -0.2) is 46.3 Å². The third kappa shape index (κ3) is 6.29. The first-order chi connectivity index (χ1) is 16.4. The molecule has 2 N–H and O–H groups in total. The normalized spacial score (nSPS) is 23.7. The van der Waals surface area contributed by atoms with Gasteiger partial charge in [-0.3, -0.25) is 18.9 Å². The van der Waals surface area contributed by atoms with Gasteiger partial charge < -0.3 is 10.6 Å². The van der Waals surface area contributed by atoms with Crippen LogP contribution in [0.15, 0.2) is 23.2 Å². The average molecular weight is 499 g/mol. The van der Waals surface area contributed by atoms with Gasteiger partial charge in [0.05, 0.1) is 0 Å². The molecule has 4 rings (SSSR count). The standard InChI is InChI=1S/C28H42N4O2S/c1-19-15-23(29-20(2)33)8-7-21(19)9-14-35-32-12-10-28(11-13-32)25(34)30-24(31-28)22-16-26(3,4)18-27(5,6)17-22/h7-8,15,22H,9-14,16-18H2,1-6H3,(H,29,33)(H,30,31,34). The number of hydrogen-bond acceptors (Lipinski definition) is 5. The molecule has 1 aromatic rings. The minimum Gasteiger partial charge on any atom is -0.326 e. The van der Waals surface area contributed by atoms with Crippen LogP contribution in [0.2, 0.25) is 0 Å². The van der Waals surface area contributed by atoms with Crippen molar-refractivity contribution in [2.45, 2.75) is 85.6 Å². The summed E-state index contributed by atoms with van der Waals surface area (Å²) in [5, 5.41) is 6.07. The van der Waals surface area contributed by atoms with E-state index < -0.39 is 5.54 Å². The molecule has 0 unspecified atom stereocenters. The number of aliphatic imine (C=N–C) groups is 1. The van der Waals surface area contributed by atoms with Crippen LogP contribution in [0.3, 0.4) is 0 Å². The van der Waals surface area contributed by atoms with Crippen molar-refractivity contribution in [3.63, 3.8) is 0 Å². The summed E-state index contributed by atoms with van der Waals surface area (Å²) in [6, 6.07) is 6.12. The Morgan fingerprint density at radius 1 is 1.17 bits per heavy atom. The maximum Gasteiger partial charge on any atom is 0.253 e. The molecule has 192 valence electrons. The van der Waals surface area contributed by atoms with Crippen LogP contribution >= 0.6 is 11.9 Å². The fourth-order valence-electron chi connectivity index (χ4n) is 6.64. The van der Waals surface area contributed by atoms with Crippen molar-refractivity contribution < 1.29 is 9.59 Å². The van der Waals surface area contributed by atoms with Gasteiger partial charge in [-0.2, -0.15) is 0 Å². The Labute approximate surface area is 215 Å². The number of hydrogen-bond donors (Lipinski definition) is 2. The van der Waals surface area contributed by atoms with Crippen LogP contribution in [0.4, 0.5) is 5.69 Å². The molecule has 6 nitrogen and oxygen atoms in total. The number of piperidine rings is 1. The molecule has 0 bridgehead atoms. The lowest BCUT2D eigenvalue weighted by Crippen LogP contribution is -2.48. The minimum atomic E-state index is -0.561. The fourth-order valence-corrected chi connectivity index (χ4v) is 7.65. The van der Waals surface area contributed by atoms with E-state index in [-0.39, 0.29) is 22.6 Å². The predicted octanol–water partition coefficient (Wildman–Crippen LogP) is 5.36. The van der Waals surface area contributed by atoms with Crippen molar-refractivity contribution in [1.29, 1.82) is 0 Å². The first-order valence-corrected chi connectivity index (χ1v) is 14.0. The lowest BCUT2D eigenvalue weighted by molar-refractivity contribution is -0.125. The highest BCUT2D eigenvalue weighted by molar-refractivity contribution is 7.97. The summed E-state index contributed by atoms with van der Waals surface area (Å²) in [4.78, 5) is 29.5. The summed E-state index contributed by atoms with van der Waals surface area (Å²) in [6.07, 6.45) is 5.97. The van der Waals surface area contributed by atoms with Gasteiger partial charge in [-0.05, 0) is 79.5 Å². The Bertz CT molecular complexity index is 992. The Hall–Kier alpha value is -1.86. The number of carbonyl (C=O) groups is 2. The summed E-state index contributed by atoms with van der Waals surface area (Å²) in [5.41, 5.74) is 3.35. The van der Waals surface area contributed by atoms with Gasteiger partial charge >= 0.3 is 0 Å². The van der Waals surface area contributed by atoms with Crippen LogP contribution < -0.4 is 10.6 Å². The topological polar surface area (TPSA) is 73.8 Å². The number of amidine groups is 1. The highest BCUT2D eigenvalue weighted by Gasteiger charge is 2.49. The van der Waals surface area contributed by atoms with Gasteiger partial charge in [0.2, 0.25) is 5.91 Å². The summed E-state index contributed by atoms with van der Waals surface area (Å²) >= 11 is 1.87. The zero-order chi connectivity index (χ0) is 25.4. The zero-order valence-electron chi connectivity index (χ0n) is 22.3. The molecular formula is C28H42N4O2S. The summed E-state index contributed by atoms with van der Waals surface area (Å²) in [6.45, 7) is 14.8. The number of aryl methyl sites for hydroxylation is 2. The summed E-state index contributed by atoms with van der Waals surface area (Å²) < 4.78 is 2.40. The first-order valence-electron chi connectivity index (χ1n) is 13.0. The van der Waals surface area contributed by atoms with Crippen LogP contribution in [-0.2, 0) is 16.0 Å². The van der Waals surface area contributed by atoms with Crippen LogP contribution in [0, 0.1) is 23.7 Å². The lowest BCUT2D eigenvalue weighted by Gasteiger charge is -2.44. The Morgan fingerprint density at radius 3 is 2.43 bits per heavy atom. The molecule has 7 heteroatoms. The molecule has 2 amide bonds. The van der Waals surface area contributed by atoms with Crippen molar-refractivity contribution >= 4 is 35.3 Å². The number of benzene rings is 1. The van der Waals surface area contributed by atoms with E-state index in [4.69, 9.17) is 4.99 Å². The summed E-state index contributed by atoms with van der Waals surface area (Å²) in [5.74, 6) is 2.38. The monoisotopic (exact) mass is 498 g/mol. The molecule has 1 saturated carbocycles. The highest BCUT2D eigenvalue weighted by Crippen LogP contribution is 2.49. The quantitative estimate of drug-likeness (QED) is 0.518. The van der Waals surface area contributed by atoms with Crippen molar-refractivity contribution in [1.82, 2.24) is 9.62 Å². The number of nitrogens with zero attached hydrogens (tertiary/aromatic N) is 2. The van der Waals surface area contributed by atoms with E-state index in [0.717, 1.165) is 62.5 Å². The van der Waals surface area contributed by atoms with Gasteiger partial charge in [0, 0.05) is 37.4 Å². The maximum absolute atomic E-state index is 13.1. The third-order valence-electron chi connectivity index (χ3n) is 7.80. The average Bonchev–Trinajstić information content (AvgIpc) is 3.04. The van der Waals surface area contributed by atoms with Crippen molar-refractivity contribution in [3.05, 3.63) is 29.3 Å². The molecule has 2 fully saturated rings. The van der Waals surface area contributed by atoms with Gasteiger partial charge in [0.25, 0.3) is 5.91 Å². The number of nitrogens with one attached hydrogen (secondary N) is 2. The lowest BCUT2D eigenvalue weighted by atomic mass is 9.61. The van der Waals surface area contributed by atoms with Gasteiger partial charge in [0.15, 0.2) is 0 Å². The largest absolute Gasteiger partial charge is 0.326 e. The van der Waals surface area contributed by atoms with E-state index in [1.54, 1.807) is 0 Å². The van der Waals surface area contributed by atoms with Crippen LogP contribution in [0.1, 0.15) is 77.8 Å². The molecule has 2 heterocycles. The molecular weight excluding hydrogens is 456 g/mol. The molecule has 1 spiro atoms. The fraction of sp³-hybridized carbons (Fsp3) is 0.679. The molecule has 3 aliphatic rings. The summed E-state index contributed by atoms with van der Waals surface area (Å²) in [7, 11) is 0.